The quantitative estimate of drug-likeness (QED) is 0.659. The van der Waals surface area contributed by atoms with Gasteiger partial charge >= 0.3 is 0 Å². The number of nitro groups is 1. The van der Waals surface area contributed by atoms with Crippen LogP contribution in [0.2, 0.25) is 0 Å². The molecule has 1 N–H and O–H groups in total. The van der Waals surface area contributed by atoms with Gasteiger partial charge in [-0.3, -0.25) is 14.9 Å². The zero-order valence-electron chi connectivity index (χ0n) is 15.5. The Morgan fingerprint density at radius 3 is 2.22 bits per heavy atom. The lowest BCUT2D eigenvalue weighted by Gasteiger charge is -2.36. The van der Waals surface area contributed by atoms with Crippen molar-refractivity contribution in [3.8, 4) is 5.75 Å². The number of phenolic OH excluding ortho intramolecular Hbond substituents is 1. The first-order valence-corrected chi connectivity index (χ1v) is 8.98. The molecular formula is C20H23N3O4. The van der Waals surface area contributed by atoms with Crippen LogP contribution in [0.5, 0.6) is 5.75 Å². The number of phenols is 1. The fraction of sp³-hybridized carbons (Fsp3) is 0.350. The molecular weight excluding hydrogens is 346 g/mol. The molecule has 0 atom stereocenters. The Morgan fingerprint density at radius 1 is 1.07 bits per heavy atom. The highest BCUT2D eigenvalue weighted by molar-refractivity contribution is 5.97. The average Bonchev–Trinajstić information content (AvgIpc) is 2.67. The van der Waals surface area contributed by atoms with Crippen molar-refractivity contribution in [2.75, 3.05) is 31.1 Å². The van der Waals surface area contributed by atoms with Crippen LogP contribution in [0.3, 0.4) is 0 Å². The summed E-state index contributed by atoms with van der Waals surface area (Å²) < 4.78 is 0. The van der Waals surface area contributed by atoms with Crippen molar-refractivity contribution in [2.24, 2.45) is 0 Å². The lowest BCUT2D eigenvalue weighted by molar-refractivity contribution is -0.384. The Balaban J connectivity index is 1.65. The molecule has 0 saturated carbocycles. The lowest BCUT2D eigenvalue weighted by Crippen LogP contribution is -2.48. The van der Waals surface area contributed by atoms with E-state index in [1.807, 2.05) is 19.9 Å². The molecule has 1 heterocycles. The number of aromatic hydroxyl groups is 1. The molecule has 0 spiro atoms. The zero-order chi connectivity index (χ0) is 19.6. The SMILES string of the molecule is CC(C)c1ccc(C(=O)N2CCN(c3ccc([N+](=O)[O-])cc3)CC2)c(O)c1. The van der Waals surface area contributed by atoms with E-state index in [1.165, 1.54) is 12.1 Å². The summed E-state index contributed by atoms with van der Waals surface area (Å²) in [4.78, 5) is 26.9. The molecule has 0 aromatic heterocycles. The van der Waals surface area contributed by atoms with Crippen LogP contribution in [0.15, 0.2) is 42.5 Å². The predicted octanol–water partition coefficient (Wildman–Crippen LogP) is 3.39. The first-order chi connectivity index (χ1) is 12.9. The van der Waals surface area contributed by atoms with Crippen LogP contribution in [-0.4, -0.2) is 47.0 Å². The van der Waals surface area contributed by atoms with Crippen LogP contribution < -0.4 is 4.90 Å². The van der Waals surface area contributed by atoms with E-state index >= 15 is 0 Å². The first-order valence-electron chi connectivity index (χ1n) is 8.98. The summed E-state index contributed by atoms with van der Waals surface area (Å²) >= 11 is 0. The van der Waals surface area contributed by atoms with E-state index < -0.39 is 4.92 Å². The number of hydrogen-bond acceptors (Lipinski definition) is 5. The van der Waals surface area contributed by atoms with Crippen LogP contribution in [-0.2, 0) is 0 Å². The Morgan fingerprint density at radius 2 is 1.70 bits per heavy atom. The van der Waals surface area contributed by atoms with E-state index in [2.05, 4.69) is 4.90 Å². The van der Waals surface area contributed by atoms with Gasteiger partial charge in [-0.25, -0.2) is 0 Å². The first kappa shape index (κ1) is 18.7. The second-order valence-corrected chi connectivity index (χ2v) is 6.98. The van der Waals surface area contributed by atoms with Crippen LogP contribution in [0.1, 0.15) is 35.7 Å². The molecule has 3 rings (SSSR count). The summed E-state index contributed by atoms with van der Waals surface area (Å²) in [6, 6.07) is 11.7. The van der Waals surface area contributed by atoms with Crippen molar-refractivity contribution in [1.82, 2.24) is 4.90 Å². The molecule has 0 radical (unpaired) electrons. The fourth-order valence-corrected chi connectivity index (χ4v) is 3.21. The van der Waals surface area contributed by atoms with Gasteiger partial charge in [-0.15, -0.1) is 0 Å². The van der Waals surface area contributed by atoms with Crippen molar-refractivity contribution in [1.29, 1.82) is 0 Å². The van der Waals surface area contributed by atoms with Crippen molar-refractivity contribution in [3.63, 3.8) is 0 Å². The maximum Gasteiger partial charge on any atom is 0.269 e. The molecule has 1 amide bonds. The normalized spacial score (nSPS) is 14.5. The van der Waals surface area contributed by atoms with E-state index in [0.29, 0.717) is 31.7 Å². The smallest absolute Gasteiger partial charge is 0.269 e. The standard InChI is InChI=1S/C20H23N3O4/c1-14(2)15-3-8-18(19(24)13-15)20(25)22-11-9-21(10-12-22)16-4-6-17(7-5-16)23(26)27/h3-8,13-14,24H,9-12H2,1-2H3. The zero-order valence-corrected chi connectivity index (χ0v) is 15.5. The van der Waals surface area contributed by atoms with Crippen LogP contribution in [0.4, 0.5) is 11.4 Å². The van der Waals surface area contributed by atoms with Gasteiger partial charge in [0, 0.05) is 44.0 Å². The third kappa shape index (κ3) is 4.02. The topological polar surface area (TPSA) is 86.9 Å². The number of benzene rings is 2. The molecule has 7 heteroatoms. The minimum atomic E-state index is -0.419. The van der Waals surface area contributed by atoms with Crippen molar-refractivity contribution in [3.05, 3.63) is 63.7 Å². The third-order valence-electron chi connectivity index (χ3n) is 4.91. The van der Waals surface area contributed by atoms with E-state index in [0.717, 1.165) is 11.3 Å². The van der Waals surface area contributed by atoms with Gasteiger partial charge in [0.1, 0.15) is 5.75 Å². The molecule has 0 unspecified atom stereocenters. The van der Waals surface area contributed by atoms with E-state index in [4.69, 9.17) is 0 Å². The van der Waals surface area contributed by atoms with Gasteiger partial charge in [0.15, 0.2) is 0 Å². The molecule has 2 aromatic rings. The Bertz CT molecular complexity index is 841. The van der Waals surface area contributed by atoms with Crippen molar-refractivity contribution in [2.45, 2.75) is 19.8 Å². The highest BCUT2D eigenvalue weighted by atomic mass is 16.6. The maximum atomic E-state index is 12.7. The highest BCUT2D eigenvalue weighted by Gasteiger charge is 2.24. The van der Waals surface area contributed by atoms with Gasteiger partial charge < -0.3 is 14.9 Å². The summed E-state index contributed by atoms with van der Waals surface area (Å²) in [7, 11) is 0. The van der Waals surface area contributed by atoms with Crippen molar-refractivity contribution >= 4 is 17.3 Å². The van der Waals surface area contributed by atoms with Crippen LogP contribution >= 0.6 is 0 Å². The van der Waals surface area contributed by atoms with Crippen LogP contribution in [0, 0.1) is 10.1 Å². The fourth-order valence-electron chi connectivity index (χ4n) is 3.21. The molecule has 1 fully saturated rings. The van der Waals surface area contributed by atoms with Gasteiger partial charge in [-0.05, 0) is 35.7 Å². The van der Waals surface area contributed by atoms with Crippen LogP contribution in [0.25, 0.3) is 0 Å². The molecule has 2 aromatic carbocycles. The second kappa shape index (κ2) is 7.65. The number of rotatable bonds is 4. The van der Waals surface area contributed by atoms with Gasteiger partial charge in [0.25, 0.3) is 11.6 Å². The number of nitro benzene ring substituents is 1. The molecule has 0 aliphatic carbocycles. The van der Waals surface area contributed by atoms with Gasteiger partial charge in [0.05, 0.1) is 10.5 Å². The summed E-state index contributed by atoms with van der Waals surface area (Å²) in [5.74, 6) is 0.125. The maximum absolute atomic E-state index is 12.7. The number of carbonyl (C=O) groups excluding carboxylic acids is 1. The van der Waals surface area contributed by atoms with E-state index in [9.17, 15) is 20.0 Å². The molecule has 1 saturated heterocycles. The van der Waals surface area contributed by atoms with Gasteiger partial charge in [-0.1, -0.05) is 19.9 Å². The van der Waals surface area contributed by atoms with Gasteiger partial charge in [0.2, 0.25) is 0 Å². The number of hydrogen-bond donors (Lipinski definition) is 1. The molecule has 142 valence electrons. The number of anilines is 1. The molecule has 1 aliphatic rings. The summed E-state index contributed by atoms with van der Waals surface area (Å²) in [6.07, 6.45) is 0. The Labute approximate surface area is 158 Å². The summed E-state index contributed by atoms with van der Waals surface area (Å²) in [6.45, 7) is 6.40. The summed E-state index contributed by atoms with van der Waals surface area (Å²) in [5, 5.41) is 21.0. The predicted molar refractivity (Wildman–Crippen MR) is 103 cm³/mol. The number of piperazine rings is 1. The highest BCUT2D eigenvalue weighted by Crippen LogP contribution is 2.26. The number of carbonyl (C=O) groups is 1. The van der Waals surface area contributed by atoms with E-state index in [-0.39, 0.29) is 23.3 Å². The number of non-ortho nitro benzene ring substituents is 1. The Hall–Kier alpha value is -3.09. The molecule has 7 nitrogen and oxygen atoms in total. The number of nitrogens with zero attached hydrogens (tertiary/aromatic N) is 3. The molecule has 1 aliphatic heterocycles. The Kier molecular flexibility index (Phi) is 5.30. The monoisotopic (exact) mass is 369 g/mol. The largest absolute Gasteiger partial charge is 0.507 e. The summed E-state index contributed by atoms with van der Waals surface area (Å²) in [5.41, 5.74) is 2.28. The van der Waals surface area contributed by atoms with Gasteiger partial charge in [-0.2, -0.15) is 0 Å². The second-order valence-electron chi connectivity index (χ2n) is 6.98. The molecule has 27 heavy (non-hydrogen) atoms. The minimum absolute atomic E-state index is 0.0176. The average molecular weight is 369 g/mol. The lowest BCUT2D eigenvalue weighted by atomic mass is 10.0. The minimum Gasteiger partial charge on any atom is -0.507 e. The van der Waals surface area contributed by atoms with Crippen molar-refractivity contribution < 1.29 is 14.8 Å². The third-order valence-corrected chi connectivity index (χ3v) is 4.91. The molecule has 0 bridgehead atoms. The van der Waals surface area contributed by atoms with E-state index in [1.54, 1.807) is 29.2 Å². The number of amides is 1.